The number of carbonyl (C=O) groups is 2. The number of rotatable bonds is 6. The molecule has 7 nitrogen and oxygen atoms in total. The molecule has 0 bridgehead atoms. The molecule has 0 saturated heterocycles. The molecule has 1 heterocycles. The Morgan fingerprint density at radius 1 is 0.903 bits per heavy atom. The van der Waals surface area contributed by atoms with E-state index in [0.717, 1.165) is 25.8 Å². The van der Waals surface area contributed by atoms with Crippen LogP contribution in [-0.4, -0.2) is 21.6 Å². The van der Waals surface area contributed by atoms with E-state index < -0.39 is 5.91 Å². The minimum atomic E-state index is -0.424. The highest BCUT2D eigenvalue weighted by atomic mass is 79.9. The fraction of sp³-hybridized carbons (Fsp3) is 0.217. The predicted octanol–water partition coefficient (Wildman–Crippen LogP) is 4.21. The van der Waals surface area contributed by atoms with Crippen molar-refractivity contribution in [2.45, 2.75) is 33.7 Å². The van der Waals surface area contributed by atoms with Crippen LogP contribution in [0.3, 0.4) is 0 Å². The van der Waals surface area contributed by atoms with E-state index in [0.29, 0.717) is 11.4 Å². The van der Waals surface area contributed by atoms with E-state index >= 15 is 0 Å². The minimum Gasteiger partial charge on any atom is -0.326 e. The fourth-order valence-electron chi connectivity index (χ4n) is 2.90. The molecule has 2 N–H and O–H groups in total. The molecule has 3 rings (SSSR count). The Labute approximate surface area is 188 Å². The molecule has 0 saturated carbocycles. The number of nitrogens with one attached hydrogen (secondary N) is 2. The van der Waals surface area contributed by atoms with Crippen molar-refractivity contribution in [1.82, 2.24) is 9.78 Å². The van der Waals surface area contributed by atoms with Crippen LogP contribution in [0.5, 0.6) is 0 Å². The highest BCUT2D eigenvalue weighted by molar-refractivity contribution is 9.10. The number of hydrogen-bond donors (Lipinski definition) is 2. The Bertz CT molecular complexity index is 1200. The van der Waals surface area contributed by atoms with Gasteiger partial charge in [0.1, 0.15) is 5.69 Å². The number of hydrogen-bond acceptors (Lipinski definition) is 4. The first kappa shape index (κ1) is 22.4. The van der Waals surface area contributed by atoms with E-state index in [9.17, 15) is 14.4 Å². The maximum Gasteiger partial charge on any atom is 0.276 e. The zero-order chi connectivity index (χ0) is 22.5. The van der Waals surface area contributed by atoms with Crippen molar-refractivity contribution >= 4 is 39.1 Å². The molecular weight excluding hydrogens is 460 g/mol. The van der Waals surface area contributed by atoms with E-state index in [2.05, 4.69) is 31.7 Å². The van der Waals surface area contributed by atoms with Crippen molar-refractivity contribution in [2.75, 3.05) is 10.6 Å². The Morgan fingerprint density at radius 2 is 1.58 bits per heavy atom. The summed E-state index contributed by atoms with van der Waals surface area (Å²) in [6, 6.07) is 13.8. The normalized spacial score (nSPS) is 10.6. The van der Waals surface area contributed by atoms with Crippen LogP contribution in [0.4, 0.5) is 11.4 Å². The van der Waals surface area contributed by atoms with E-state index in [1.54, 1.807) is 6.07 Å². The van der Waals surface area contributed by atoms with Gasteiger partial charge in [0.25, 0.3) is 11.5 Å². The largest absolute Gasteiger partial charge is 0.326 e. The summed E-state index contributed by atoms with van der Waals surface area (Å²) in [6.45, 7) is 5.94. The maximum atomic E-state index is 12.5. The van der Waals surface area contributed by atoms with Gasteiger partial charge in [0, 0.05) is 28.3 Å². The summed E-state index contributed by atoms with van der Waals surface area (Å²) < 4.78 is 2.08. The molecule has 0 unspecified atom stereocenters. The van der Waals surface area contributed by atoms with E-state index in [4.69, 9.17) is 0 Å². The Balaban J connectivity index is 1.65. The van der Waals surface area contributed by atoms with Crippen LogP contribution in [0.15, 0.2) is 57.8 Å². The third-order valence-electron chi connectivity index (χ3n) is 4.86. The second-order valence-corrected chi connectivity index (χ2v) is 8.15. The van der Waals surface area contributed by atoms with Crippen molar-refractivity contribution < 1.29 is 9.59 Å². The molecule has 2 aromatic carbocycles. The molecule has 0 aliphatic rings. The number of halogens is 1. The summed E-state index contributed by atoms with van der Waals surface area (Å²) in [7, 11) is 0. The molecule has 0 aliphatic heterocycles. The first-order valence-corrected chi connectivity index (χ1v) is 10.5. The summed E-state index contributed by atoms with van der Waals surface area (Å²) in [5, 5.41) is 9.70. The molecule has 31 heavy (non-hydrogen) atoms. The number of nitrogens with zero attached hydrogens (tertiary/aromatic N) is 2. The SMILES string of the molecule is Cc1ccc(NC(=O)c2ccc(=O)n(CCC(=O)Nc3ccc(Br)c(C)c3)n2)cc1C. The van der Waals surface area contributed by atoms with Crippen LogP contribution in [0.2, 0.25) is 0 Å². The topological polar surface area (TPSA) is 93.1 Å². The number of carbonyl (C=O) groups excluding carboxylic acids is 2. The lowest BCUT2D eigenvalue weighted by Crippen LogP contribution is -2.28. The van der Waals surface area contributed by atoms with Gasteiger partial charge in [-0.15, -0.1) is 0 Å². The van der Waals surface area contributed by atoms with Crippen LogP contribution >= 0.6 is 15.9 Å². The molecule has 0 spiro atoms. The van der Waals surface area contributed by atoms with Crippen LogP contribution < -0.4 is 16.2 Å². The molecule has 0 fully saturated rings. The molecular formula is C23H23BrN4O3. The summed E-state index contributed by atoms with van der Waals surface area (Å²) in [5.41, 5.74) is 4.23. The number of amides is 2. The highest BCUT2D eigenvalue weighted by Gasteiger charge is 2.12. The van der Waals surface area contributed by atoms with E-state index in [1.165, 1.54) is 12.1 Å². The number of anilines is 2. The predicted molar refractivity (Wildman–Crippen MR) is 124 cm³/mol. The summed E-state index contributed by atoms with van der Waals surface area (Å²) in [6.07, 6.45) is 0.0459. The quantitative estimate of drug-likeness (QED) is 0.550. The van der Waals surface area contributed by atoms with Crippen LogP contribution in [-0.2, 0) is 11.3 Å². The van der Waals surface area contributed by atoms with Gasteiger partial charge in [-0.05, 0) is 73.9 Å². The second-order valence-electron chi connectivity index (χ2n) is 7.30. The van der Waals surface area contributed by atoms with Gasteiger partial charge in [-0.25, -0.2) is 4.68 Å². The molecule has 2 amide bonds. The summed E-state index contributed by atoms with van der Waals surface area (Å²) in [4.78, 5) is 36.9. The average molecular weight is 483 g/mol. The van der Waals surface area contributed by atoms with Gasteiger partial charge in [-0.3, -0.25) is 14.4 Å². The number of aromatic nitrogens is 2. The standard InChI is InChI=1S/C23H23BrN4O3/c1-14-4-5-18(12-15(14)2)26-23(31)20-8-9-22(30)28(27-20)11-10-21(29)25-17-6-7-19(24)16(3)13-17/h4-9,12-13H,10-11H2,1-3H3,(H,25,29)(H,26,31). The molecule has 0 atom stereocenters. The molecule has 0 radical (unpaired) electrons. The monoisotopic (exact) mass is 482 g/mol. The molecule has 160 valence electrons. The van der Waals surface area contributed by atoms with E-state index in [1.807, 2.05) is 51.1 Å². The summed E-state index contributed by atoms with van der Waals surface area (Å²) >= 11 is 3.42. The van der Waals surface area contributed by atoms with Crippen LogP contribution in [0.25, 0.3) is 0 Å². The second kappa shape index (κ2) is 9.70. The van der Waals surface area contributed by atoms with Crippen molar-refractivity contribution in [3.8, 4) is 0 Å². The van der Waals surface area contributed by atoms with Gasteiger partial charge in [0.15, 0.2) is 0 Å². The summed E-state index contributed by atoms with van der Waals surface area (Å²) in [5.74, 6) is -0.674. The molecule has 3 aromatic rings. The Kier molecular flexibility index (Phi) is 7.02. The molecule has 0 aliphatic carbocycles. The van der Waals surface area contributed by atoms with Crippen molar-refractivity contribution in [3.05, 3.63) is 85.7 Å². The zero-order valence-corrected chi connectivity index (χ0v) is 19.1. The van der Waals surface area contributed by atoms with Gasteiger partial charge in [-0.1, -0.05) is 22.0 Å². The maximum absolute atomic E-state index is 12.5. The van der Waals surface area contributed by atoms with Crippen LogP contribution in [0.1, 0.15) is 33.6 Å². The lowest BCUT2D eigenvalue weighted by atomic mass is 10.1. The van der Waals surface area contributed by atoms with Crippen LogP contribution in [0, 0.1) is 20.8 Å². The highest BCUT2D eigenvalue weighted by Crippen LogP contribution is 2.20. The number of aryl methyl sites for hydroxylation is 4. The number of benzene rings is 2. The lowest BCUT2D eigenvalue weighted by Gasteiger charge is -2.10. The van der Waals surface area contributed by atoms with Crippen molar-refractivity contribution in [2.24, 2.45) is 0 Å². The van der Waals surface area contributed by atoms with Gasteiger partial charge < -0.3 is 10.6 Å². The van der Waals surface area contributed by atoms with Gasteiger partial charge in [0.2, 0.25) is 5.91 Å². The third kappa shape index (κ3) is 5.88. The fourth-order valence-corrected chi connectivity index (χ4v) is 3.14. The first-order chi connectivity index (χ1) is 14.7. The smallest absolute Gasteiger partial charge is 0.276 e. The lowest BCUT2D eigenvalue weighted by molar-refractivity contribution is -0.116. The van der Waals surface area contributed by atoms with Gasteiger partial charge in [0.05, 0.1) is 6.54 Å². The molecule has 8 heteroatoms. The molecule has 1 aromatic heterocycles. The average Bonchev–Trinajstić information content (AvgIpc) is 2.73. The van der Waals surface area contributed by atoms with E-state index in [-0.39, 0.29) is 30.1 Å². The van der Waals surface area contributed by atoms with Gasteiger partial charge >= 0.3 is 0 Å². The third-order valence-corrected chi connectivity index (χ3v) is 5.75. The van der Waals surface area contributed by atoms with Crippen molar-refractivity contribution in [3.63, 3.8) is 0 Å². The minimum absolute atomic E-state index is 0.0459. The van der Waals surface area contributed by atoms with Crippen molar-refractivity contribution in [1.29, 1.82) is 0 Å². The Morgan fingerprint density at radius 3 is 2.29 bits per heavy atom. The first-order valence-electron chi connectivity index (χ1n) is 9.76. The zero-order valence-electron chi connectivity index (χ0n) is 17.5. The van der Waals surface area contributed by atoms with Gasteiger partial charge in [-0.2, -0.15) is 5.10 Å². The Hall–Kier alpha value is -3.26.